The summed E-state index contributed by atoms with van der Waals surface area (Å²) in [7, 11) is 0. The van der Waals surface area contributed by atoms with E-state index >= 15 is 0 Å². The summed E-state index contributed by atoms with van der Waals surface area (Å²) in [4.78, 5) is 14.3. The number of rotatable bonds is 6. The molecule has 0 unspecified atom stereocenters. The van der Waals surface area contributed by atoms with Crippen molar-refractivity contribution in [1.29, 1.82) is 0 Å². The molecule has 0 atom stereocenters. The van der Waals surface area contributed by atoms with E-state index in [1.807, 2.05) is 30.9 Å². The van der Waals surface area contributed by atoms with Crippen molar-refractivity contribution in [3.8, 4) is 11.8 Å². The predicted molar refractivity (Wildman–Crippen MR) is 80.8 cm³/mol. The van der Waals surface area contributed by atoms with E-state index in [-0.39, 0.29) is 17.9 Å². The number of aliphatic hydroxyl groups excluding tert-OH is 1. The van der Waals surface area contributed by atoms with Crippen molar-refractivity contribution in [1.82, 2.24) is 15.0 Å². The van der Waals surface area contributed by atoms with E-state index in [0.717, 1.165) is 13.1 Å². The molecule has 112 valence electrons. The average Bonchev–Trinajstić information content (AvgIpc) is 2.48. The number of para-hydroxylation sites is 1. The molecule has 2 aromatic rings. The van der Waals surface area contributed by atoms with Crippen LogP contribution in [0, 0.1) is 0 Å². The van der Waals surface area contributed by atoms with Gasteiger partial charge in [0, 0.05) is 18.7 Å². The lowest BCUT2D eigenvalue weighted by molar-refractivity contribution is 0.275. The molecule has 21 heavy (non-hydrogen) atoms. The number of anilines is 1. The molecule has 0 bridgehead atoms. The first-order valence-corrected chi connectivity index (χ1v) is 7.08. The van der Waals surface area contributed by atoms with Gasteiger partial charge in [-0.15, -0.1) is 0 Å². The molecule has 0 aliphatic heterocycles. The number of halogens is 1. The van der Waals surface area contributed by atoms with E-state index in [1.54, 1.807) is 12.1 Å². The topological polar surface area (TPSA) is 71.4 Å². The number of aromatic nitrogens is 3. The molecular weight excluding hydrogens is 292 g/mol. The molecule has 0 saturated carbocycles. The van der Waals surface area contributed by atoms with Crippen LogP contribution in [0.2, 0.25) is 5.28 Å². The van der Waals surface area contributed by atoms with E-state index in [1.165, 1.54) is 0 Å². The van der Waals surface area contributed by atoms with Crippen molar-refractivity contribution in [2.24, 2.45) is 0 Å². The Labute approximate surface area is 128 Å². The van der Waals surface area contributed by atoms with Crippen LogP contribution < -0.4 is 9.64 Å². The molecule has 0 amide bonds. The summed E-state index contributed by atoms with van der Waals surface area (Å²) in [6, 6.07) is 7.24. The molecule has 0 fully saturated rings. The number of aliphatic hydroxyl groups is 1. The molecule has 1 aromatic heterocycles. The maximum atomic E-state index is 9.30. The van der Waals surface area contributed by atoms with Crippen molar-refractivity contribution >= 4 is 17.5 Å². The first kappa shape index (κ1) is 15.5. The average molecular weight is 309 g/mol. The van der Waals surface area contributed by atoms with Crippen LogP contribution in [-0.2, 0) is 6.61 Å². The molecule has 0 aliphatic rings. The van der Waals surface area contributed by atoms with Crippen LogP contribution >= 0.6 is 11.6 Å². The number of benzene rings is 1. The molecule has 7 heteroatoms. The van der Waals surface area contributed by atoms with Gasteiger partial charge < -0.3 is 14.7 Å². The minimum Gasteiger partial charge on any atom is -0.424 e. The number of hydrogen-bond acceptors (Lipinski definition) is 6. The Bertz CT molecular complexity index is 605. The highest BCUT2D eigenvalue weighted by atomic mass is 35.5. The minimum absolute atomic E-state index is 0.0726. The third-order valence-corrected chi connectivity index (χ3v) is 3.14. The maximum absolute atomic E-state index is 9.30. The molecule has 1 heterocycles. The van der Waals surface area contributed by atoms with Crippen molar-refractivity contribution in [2.75, 3.05) is 18.0 Å². The fourth-order valence-electron chi connectivity index (χ4n) is 1.85. The molecule has 2 rings (SSSR count). The summed E-state index contributed by atoms with van der Waals surface area (Å²) >= 11 is 5.93. The van der Waals surface area contributed by atoms with Crippen molar-refractivity contribution in [3.63, 3.8) is 0 Å². The number of hydrogen-bond donors (Lipinski definition) is 1. The van der Waals surface area contributed by atoms with E-state index < -0.39 is 0 Å². The largest absolute Gasteiger partial charge is 0.424 e. The molecule has 6 nitrogen and oxygen atoms in total. The molecule has 1 aromatic carbocycles. The predicted octanol–water partition coefficient (Wildman–Crippen LogP) is 2.66. The van der Waals surface area contributed by atoms with Gasteiger partial charge in [0.1, 0.15) is 5.75 Å². The third kappa shape index (κ3) is 3.80. The van der Waals surface area contributed by atoms with Gasteiger partial charge in [0.15, 0.2) is 0 Å². The van der Waals surface area contributed by atoms with Crippen molar-refractivity contribution in [2.45, 2.75) is 20.5 Å². The van der Waals surface area contributed by atoms with Gasteiger partial charge in [-0.1, -0.05) is 18.2 Å². The lowest BCUT2D eigenvalue weighted by atomic mass is 10.2. The van der Waals surface area contributed by atoms with Crippen molar-refractivity contribution < 1.29 is 9.84 Å². The second kappa shape index (κ2) is 7.19. The van der Waals surface area contributed by atoms with Crippen LogP contribution in [0.5, 0.6) is 11.8 Å². The minimum atomic E-state index is -0.127. The smallest absolute Gasteiger partial charge is 0.328 e. The highest BCUT2D eigenvalue weighted by Gasteiger charge is 2.12. The highest BCUT2D eigenvalue weighted by molar-refractivity contribution is 6.28. The molecule has 0 aliphatic carbocycles. The van der Waals surface area contributed by atoms with E-state index in [0.29, 0.717) is 17.3 Å². The zero-order valence-electron chi connectivity index (χ0n) is 12.0. The Kier molecular flexibility index (Phi) is 5.30. The van der Waals surface area contributed by atoms with E-state index in [2.05, 4.69) is 15.0 Å². The number of nitrogens with zero attached hydrogens (tertiary/aromatic N) is 4. The monoisotopic (exact) mass is 308 g/mol. The lowest BCUT2D eigenvalue weighted by Crippen LogP contribution is -2.24. The molecular formula is C14H17ClN4O2. The Morgan fingerprint density at radius 1 is 1.14 bits per heavy atom. The Morgan fingerprint density at radius 3 is 2.52 bits per heavy atom. The Morgan fingerprint density at radius 2 is 1.86 bits per heavy atom. The summed E-state index contributed by atoms with van der Waals surface area (Å²) < 4.78 is 5.63. The summed E-state index contributed by atoms with van der Waals surface area (Å²) in [5.74, 6) is 0.962. The van der Waals surface area contributed by atoms with Gasteiger partial charge in [0.05, 0.1) is 6.61 Å². The summed E-state index contributed by atoms with van der Waals surface area (Å²) in [6.07, 6.45) is 0. The second-order valence-electron chi connectivity index (χ2n) is 4.23. The third-order valence-electron chi connectivity index (χ3n) is 2.97. The molecule has 0 saturated heterocycles. The van der Waals surface area contributed by atoms with Gasteiger partial charge in [-0.3, -0.25) is 0 Å². The van der Waals surface area contributed by atoms with Crippen LogP contribution in [0.4, 0.5) is 5.95 Å². The SMILES string of the molecule is CCN(CC)c1nc(Cl)nc(Oc2ccccc2CO)n1. The van der Waals surface area contributed by atoms with Gasteiger partial charge in [0.25, 0.3) is 0 Å². The zero-order chi connectivity index (χ0) is 15.2. The van der Waals surface area contributed by atoms with Gasteiger partial charge >= 0.3 is 6.01 Å². The van der Waals surface area contributed by atoms with Gasteiger partial charge in [-0.05, 0) is 31.5 Å². The Hall–Kier alpha value is -1.92. The van der Waals surface area contributed by atoms with Gasteiger partial charge in [-0.2, -0.15) is 15.0 Å². The van der Waals surface area contributed by atoms with Gasteiger partial charge in [-0.25, -0.2) is 0 Å². The van der Waals surface area contributed by atoms with E-state index in [4.69, 9.17) is 16.3 Å². The first-order valence-electron chi connectivity index (χ1n) is 6.71. The quantitative estimate of drug-likeness (QED) is 0.884. The zero-order valence-corrected chi connectivity index (χ0v) is 12.7. The van der Waals surface area contributed by atoms with Crippen LogP contribution in [-0.4, -0.2) is 33.1 Å². The highest BCUT2D eigenvalue weighted by Crippen LogP contribution is 2.24. The number of ether oxygens (including phenoxy) is 1. The summed E-state index contributed by atoms with van der Waals surface area (Å²) in [5, 5.41) is 9.38. The van der Waals surface area contributed by atoms with E-state index in [9.17, 15) is 5.11 Å². The van der Waals surface area contributed by atoms with Gasteiger partial charge in [0.2, 0.25) is 11.2 Å². The Balaban J connectivity index is 2.32. The van der Waals surface area contributed by atoms with Crippen LogP contribution in [0.3, 0.4) is 0 Å². The summed E-state index contributed by atoms with van der Waals surface area (Å²) in [6.45, 7) is 5.39. The summed E-state index contributed by atoms with van der Waals surface area (Å²) in [5.41, 5.74) is 0.651. The molecule has 1 N–H and O–H groups in total. The maximum Gasteiger partial charge on any atom is 0.328 e. The lowest BCUT2D eigenvalue weighted by Gasteiger charge is -2.18. The fourth-order valence-corrected chi connectivity index (χ4v) is 2.00. The van der Waals surface area contributed by atoms with Crippen LogP contribution in [0.1, 0.15) is 19.4 Å². The fraction of sp³-hybridized carbons (Fsp3) is 0.357. The van der Waals surface area contributed by atoms with Crippen molar-refractivity contribution in [3.05, 3.63) is 35.1 Å². The normalized spacial score (nSPS) is 10.5. The molecule has 0 radical (unpaired) electrons. The first-order chi connectivity index (χ1) is 10.2. The van der Waals surface area contributed by atoms with Crippen LogP contribution in [0.25, 0.3) is 0 Å². The molecule has 0 spiro atoms. The standard InChI is InChI=1S/C14H17ClN4O2/c1-3-19(4-2)13-16-12(15)17-14(18-13)21-11-8-6-5-7-10(11)9-20/h5-8,20H,3-4,9H2,1-2H3. The second-order valence-corrected chi connectivity index (χ2v) is 4.57. The van der Waals surface area contributed by atoms with Crippen LogP contribution in [0.15, 0.2) is 24.3 Å².